The highest BCUT2D eigenvalue weighted by molar-refractivity contribution is 7.99. The Labute approximate surface area is 126 Å². The van der Waals surface area contributed by atoms with Crippen molar-refractivity contribution in [1.82, 2.24) is 9.97 Å². The SMILES string of the molecule is CCCCCCCCSc1nc2ccccc2nc1C. The molecule has 2 aromatic rings. The number of aromatic nitrogens is 2. The first-order valence-corrected chi connectivity index (χ1v) is 8.66. The third-order valence-corrected chi connectivity index (χ3v) is 4.59. The molecule has 0 bridgehead atoms. The van der Waals surface area contributed by atoms with Crippen molar-refractivity contribution in [3.63, 3.8) is 0 Å². The van der Waals surface area contributed by atoms with Crippen molar-refractivity contribution in [3.8, 4) is 0 Å². The summed E-state index contributed by atoms with van der Waals surface area (Å²) in [7, 11) is 0. The standard InChI is InChI=1S/C17H24N2S/c1-3-4-5-6-7-10-13-20-17-14(2)18-15-11-8-9-12-16(15)19-17/h8-9,11-12H,3-7,10,13H2,1-2H3. The predicted molar refractivity (Wildman–Crippen MR) is 88.4 cm³/mol. The number of fused-ring (bicyclic) bond motifs is 1. The van der Waals surface area contributed by atoms with Crippen LogP contribution < -0.4 is 0 Å². The van der Waals surface area contributed by atoms with Crippen molar-refractivity contribution in [2.75, 3.05) is 5.75 Å². The minimum atomic E-state index is 0.994. The molecule has 20 heavy (non-hydrogen) atoms. The van der Waals surface area contributed by atoms with Gasteiger partial charge in [-0.1, -0.05) is 51.2 Å². The summed E-state index contributed by atoms with van der Waals surface area (Å²) < 4.78 is 0. The molecule has 0 aliphatic heterocycles. The van der Waals surface area contributed by atoms with Gasteiger partial charge < -0.3 is 0 Å². The topological polar surface area (TPSA) is 25.8 Å². The van der Waals surface area contributed by atoms with Gasteiger partial charge in [-0.2, -0.15) is 0 Å². The minimum absolute atomic E-state index is 0.994. The molecule has 0 spiro atoms. The van der Waals surface area contributed by atoms with E-state index in [0.29, 0.717) is 0 Å². The smallest absolute Gasteiger partial charge is 0.118 e. The van der Waals surface area contributed by atoms with E-state index in [9.17, 15) is 0 Å². The summed E-state index contributed by atoms with van der Waals surface area (Å²) in [5, 5.41) is 1.09. The zero-order chi connectivity index (χ0) is 14.2. The summed E-state index contributed by atoms with van der Waals surface area (Å²) in [4.78, 5) is 9.35. The molecule has 0 aliphatic rings. The Bertz CT molecular complexity index is 540. The zero-order valence-corrected chi connectivity index (χ0v) is 13.4. The molecular formula is C17H24N2S. The molecule has 3 heteroatoms. The lowest BCUT2D eigenvalue weighted by Crippen LogP contribution is -1.93. The monoisotopic (exact) mass is 288 g/mol. The van der Waals surface area contributed by atoms with Gasteiger partial charge in [0, 0.05) is 0 Å². The lowest BCUT2D eigenvalue weighted by Gasteiger charge is -2.06. The highest BCUT2D eigenvalue weighted by Gasteiger charge is 2.05. The van der Waals surface area contributed by atoms with Gasteiger partial charge in [-0.05, 0) is 31.2 Å². The summed E-state index contributed by atoms with van der Waals surface area (Å²) in [6.45, 7) is 4.32. The summed E-state index contributed by atoms with van der Waals surface area (Å²) in [6.07, 6.45) is 8.07. The van der Waals surface area contributed by atoms with Crippen molar-refractivity contribution in [1.29, 1.82) is 0 Å². The predicted octanol–water partition coefficient (Wildman–Crippen LogP) is 5.39. The molecule has 1 aromatic heterocycles. The first kappa shape index (κ1) is 15.3. The minimum Gasteiger partial charge on any atom is -0.249 e. The molecule has 1 heterocycles. The van der Waals surface area contributed by atoms with Gasteiger partial charge in [0.25, 0.3) is 0 Å². The average molecular weight is 288 g/mol. The van der Waals surface area contributed by atoms with E-state index >= 15 is 0 Å². The van der Waals surface area contributed by atoms with Crippen molar-refractivity contribution >= 4 is 22.8 Å². The van der Waals surface area contributed by atoms with Crippen LogP contribution in [0.3, 0.4) is 0 Å². The quantitative estimate of drug-likeness (QED) is 0.481. The second-order valence-electron chi connectivity index (χ2n) is 5.22. The maximum Gasteiger partial charge on any atom is 0.118 e. The normalized spacial score (nSPS) is 11.1. The number of aryl methyl sites for hydroxylation is 1. The third-order valence-electron chi connectivity index (χ3n) is 3.44. The largest absolute Gasteiger partial charge is 0.249 e. The molecule has 108 valence electrons. The van der Waals surface area contributed by atoms with Gasteiger partial charge >= 0.3 is 0 Å². The van der Waals surface area contributed by atoms with Crippen molar-refractivity contribution < 1.29 is 0 Å². The van der Waals surface area contributed by atoms with Crippen molar-refractivity contribution in [2.24, 2.45) is 0 Å². The van der Waals surface area contributed by atoms with Gasteiger partial charge in [-0.15, -0.1) is 11.8 Å². The van der Waals surface area contributed by atoms with Gasteiger partial charge in [-0.25, -0.2) is 9.97 Å². The molecule has 0 atom stereocenters. The Morgan fingerprint density at radius 3 is 2.30 bits per heavy atom. The van der Waals surface area contributed by atoms with E-state index in [1.165, 1.54) is 38.5 Å². The second kappa shape index (κ2) is 8.25. The molecular weight excluding hydrogens is 264 g/mol. The van der Waals surface area contributed by atoms with Crippen LogP contribution >= 0.6 is 11.8 Å². The molecule has 2 rings (SSSR count). The molecule has 2 nitrogen and oxygen atoms in total. The van der Waals surface area contributed by atoms with Crippen LogP contribution in [0.15, 0.2) is 29.3 Å². The number of nitrogens with zero attached hydrogens (tertiary/aromatic N) is 2. The van der Waals surface area contributed by atoms with Gasteiger partial charge in [0.2, 0.25) is 0 Å². The van der Waals surface area contributed by atoms with E-state index in [2.05, 4.69) is 18.8 Å². The van der Waals surface area contributed by atoms with E-state index in [1.807, 2.05) is 36.0 Å². The first-order chi connectivity index (χ1) is 9.81. The molecule has 0 saturated heterocycles. The number of rotatable bonds is 8. The van der Waals surface area contributed by atoms with Crippen LogP contribution in [-0.4, -0.2) is 15.7 Å². The molecule has 0 fully saturated rings. The fourth-order valence-electron chi connectivity index (χ4n) is 2.26. The second-order valence-corrected chi connectivity index (χ2v) is 6.30. The van der Waals surface area contributed by atoms with Crippen LogP contribution in [0.5, 0.6) is 0 Å². The number of hydrogen-bond donors (Lipinski definition) is 0. The van der Waals surface area contributed by atoms with Gasteiger partial charge in [0.15, 0.2) is 0 Å². The van der Waals surface area contributed by atoms with Crippen LogP contribution in [0.25, 0.3) is 11.0 Å². The van der Waals surface area contributed by atoms with E-state index in [1.54, 1.807) is 0 Å². The first-order valence-electron chi connectivity index (χ1n) is 7.67. The molecule has 1 aromatic carbocycles. The van der Waals surface area contributed by atoms with Crippen LogP contribution in [0.1, 0.15) is 51.1 Å². The van der Waals surface area contributed by atoms with E-state index < -0.39 is 0 Å². The lowest BCUT2D eigenvalue weighted by molar-refractivity contribution is 0.627. The van der Waals surface area contributed by atoms with Crippen molar-refractivity contribution in [2.45, 2.75) is 57.4 Å². The molecule has 0 unspecified atom stereocenters. The summed E-state index contributed by atoms with van der Waals surface area (Å²) in [5.74, 6) is 1.15. The Morgan fingerprint density at radius 2 is 1.55 bits per heavy atom. The Hall–Kier alpha value is -1.09. The Morgan fingerprint density at radius 1 is 0.900 bits per heavy atom. The molecule has 0 aliphatic carbocycles. The number of benzene rings is 1. The Kier molecular flexibility index (Phi) is 6.31. The van der Waals surface area contributed by atoms with E-state index in [0.717, 1.165) is 27.5 Å². The van der Waals surface area contributed by atoms with Gasteiger partial charge in [0.1, 0.15) is 5.03 Å². The summed E-state index contributed by atoms with van der Waals surface area (Å²) >= 11 is 1.85. The maximum atomic E-state index is 4.72. The molecule has 0 saturated carbocycles. The highest BCUT2D eigenvalue weighted by atomic mass is 32.2. The van der Waals surface area contributed by atoms with Crippen LogP contribution in [0.2, 0.25) is 0 Å². The number of hydrogen-bond acceptors (Lipinski definition) is 3. The number of unbranched alkanes of at least 4 members (excludes halogenated alkanes) is 5. The van der Waals surface area contributed by atoms with Gasteiger partial charge in [0.05, 0.1) is 16.7 Å². The third kappa shape index (κ3) is 4.48. The van der Waals surface area contributed by atoms with E-state index in [-0.39, 0.29) is 0 Å². The zero-order valence-electron chi connectivity index (χ0n) is 12.6. The summed E-state index contributed by atoms with van der Waals surface area (Å²) in [6, 6.07) is 8.10. The summed E-state index contributed by atoms with van der Waals surface area (Å²) in [5.41, 5.74) is 3.05. The fourth-order valence-corrected chi connectivity index (χ4v) is 3.22. The maximum absolute atomic E-state index is 4.72. The highest BCUT2D eigenvalue weighted by Crippen LogP contribution is 2.23. The van der Waals surface area contributed by atoms with Crippen molar-refractivity contribution in [3.05, 3.63) is 30.0 Å². The lowest BCUT2D eigenvalue weighted by atomic mass is 10.1. The molecule has 0 amide bonds. The molecule has 0 radical (unpaired) electrons. The van der Waals surface area contributed by atoms with Gasteiger partial charge in [-0.3, -0.25) is 0 Å². The van der Waals surface area contributed by atoms with Crippen LogP contribution in [-0.2, 0) is 0 Å². The Balaban J connectivity index is 1.82. The van der Waals surface area contributed by atoms with Crippen LogP contribution in [0, 0.1) is 6.92 Å². The van der Waals surface area contributed by atoms with Crippen LogP contribution in [0.4, 0.5) is 0 Å². The number of thioether (sulfide) groups is 1. The fraction of sp³-hybridized carbons (Fsp3) is 0.529. The number of para-hydroxylation sites is 2. The van der Waals surface area contributed by atoms with E-state index in [4.69, 9.17) is 4.98 Å². The average Bonchev–Trinajstić information content (AvgIpc) is 2.46. The molecule has 0 N–H and O–H groups in total.